The van der Waals surface area contributed by atoms with Crippen LogP contribution in [0.5, 0.6) is 0 Å². The molecule has 5 nitrogen and oxygen atoms in total. The van der Waals surface area contributed by atoms with Crippen molar-refractivity contribution < 1.29 is 13.2 Å². The molecule has 1 amide bonds. The fourth-order valence-electron chi connectivity index (χ4n) is 2.85. The molecule has 0 atom stereocenters. The molecule has 0 heterocycles. The molecule has 0 saturated carbocycles. The number of amides is 1. The molecule has 0 aliphatic rings. The number of sulfonamides is 1. The van der Waals surface area contributed by atoms with Crippen LogP contribution in [0.1, 0.15) is 31.9 Å². The van der Waals surface area contributed by atoms with E-state index in [1.807, 2.05) is 32.0 Å². The average Bonchev–Trinajstić information content (AvgIpc) is 2.66. The van der Waals surface area contributed by atoms with Crippen LogP contribution in [0.15, 0.2) is 53.4 Å². The Morgan fingerprint density at radius 1 is 0.923 bits per heavy atom. The smallest absolute Gasteiger partial charge is 0.243 e. The minimum atomic E-state index is -3.70. The normalized spacial score (nSPS) is 11.5. The number of rotatable bonds is 8. The lowest BCUT2D eigenvalue weighted by atomic mass is 10.0. The summed E-state index contributed by atoms with van der Waals surface area (Å²) in [5.41, 5.74) is 2.90. The number of benzene rings is 2. The molecule has 0 aliphatic carbocycles. The summed E-state index contributed by atoms with van der Waals surface area (Å²) in [5.74, 6) is -0.332. The van der Waals surface area contributed by atoms with Gasteiger partial charge in [-0.3, -0.25) is 4.79 Å². The van der Waals surface area contributed by atoms with Gasteiger partial charge in [0.15, 0.2) is 0 Å². The summed E-state index contributed by atoms with van der Waals surface area (Å²) >= 11 is 0. The van der Waals surface area contributed by atoms with Crippen molar-refractivity contribution in [3.8, 4) is 0 Å². The van der Waals surface area contributed by atoms with Crippen LogP contribution in [0.3, 0.4) is 0 Å². The molecule has 0 aliphatic heterocycles. The van der Waals surface area contributed by atoms with E-state index >= 15 is 0 Å². The molecule has 140 valence electrons. The van der Waals surface area contributed by atoms with Gasteiger partial charge in [-0.25, -0.2) is 8.42 Å². The van der Waals surface area contributed by atoms with E-state index in [0.29, 0.717) is 0 Å². The summed E-state index contributed by atoms with van der Waals surface area (Å²) in [4.78, 5) is 12.8. The average molecular weight is 375 g/mol. The molecule has 0 fully saturated rings. The Kier molecular flexibility index (Phi) is 6.94. The van der Waals surface area contributed by atoms with Gasteiger partial charge in [-0.1, -0.05) is 57.2 Å². The van der Waals surface area contributed by atoms with Crippen molar-refractivity contribution in [3.05, 3.63) is 59.7 Å². The lowest BCUT2D eigenvalue weighted by Gasteiger charge is -2.21. The van der Waals surface area contributed by atoms with Crippen LogP contribution in [0, 0.1) is 0 Å². The van der Waals surface area contributed by atoms with Crippen molar-refractivity contribution in [2.45, 2.75) is 38.5 Å². The number of carbonyl (C=O) groups excluding carboxylic acids is 1. The number of carbonyl (C=O) groups is 1. The van der Waals surface area contributed by atoms with E-state index in [4.69, 9.17) is 0 Å². The molecule has 1 N–H and O–H groups in total. The second-order valence-corrected chi connectivity index (χ2v) is 7.89. The molecule has 0 spiro atoms. The Bertz CT molecular complexity index is 826. The van der Waals surface area contributed by atoms with Gasteiger partial charge in [0.05, 0.1) is 11.4 Å². The van der Waals surface area contributed by atoms with Gasteiger partial charge in [-0.2, -0.15) is 4.31 Å². The van der Waals surface area contributed by atoms with Crippen molar-refractivity contribution in [2.24, 2.45) is 0 Å². The number of anilines is 1. The van der Waals surface area contributed by atoms with E-state index in [-0.39, 0.29) is 23.9 Å². The van der Waals surface area contributed by atoms with Gasteiger partial charge in [0.1, 0.15) is 0 Å². The van der Waals surface area contributed by atoms with Crippen LogP contribution in [-0.4, -0.2) is 31.7 Å². The Hall–Kier alpha value is -2.18. The van der Waals surface area contributed by atoms with Gasteiger partial charge in [-0.05, 0) is 36.1 Å². The van der Waals surface area contributed by atoms with E-state index in [1.165, 1.54) is 16.4 Å². The highest BCUT2D eigenvalue weighted by Crippen LogP contribution is 2.23. The van der Waals surface area contributed by atoms with Gasteiger partial charge in [-0.15, -0.1) is 0 Å². The minimum Gasteiger partial charge on any atom is -0.324 e. The van der Waals surface area contributed by atoms with E-state index in [0.717, 1.165) is 29.7 Å². The van der Waals surface area contributed by atoms with E-state index < -0.39 is 10.0 Å². The molecule has 0 radical (unpaired) electrons. The lowest BCUT2D eigenvalue weighted by molar-refractivity contribution is -0.116. The number of para-hydroxylation sites is 1. The summed E-state index contributed by atoms with van der Waals surface area (Å²) in [6.07, 6.45) is 1.59. The number of likely N-dealkylation sites (N-methyl/N-ethyl adjacent to an activating group) is 1. The third-order valence-electron chi connectivity index (χ3n) is 4.32. The quantitative estimate of drug-likeness (QED) is 0.769. The molecule has 2 rings (SSSR count). The Morgan fingerprint density at radius 2 is 1.50 bits per heavy atom. The van der Waals surface area contributed by atoms with Crippen molar-refractivity contribution >= 4 is 21.6 Å². The van der Waals surface area contributed by atoms with E-state index in [1.54, 1.807) is 25.1 Å². The zero-order chi connectivity index (χ0) is 19.2. The van der Waals surface area contributed by atoms with Crippen LogP contribution in [-0.2, 0) is 27.7 Å². The first-order valence-electron chi connectivity index (χ1n) is 8.89. The third kappa shape index (κ3) is 4.51. The summed E-state index contributed by atoms with van der Waals surface area (Å²) in [5, 5.41) is 2.92. The molecule has 2 aromatic carbocycles. The summed E-state index contributed by atoms with van der Waals surface area (Å²) < 4.78 is 26.7. The minimum absolute atomic E-state index is 0.192. The highest BCUT2D eigenvalue weighted by molar-refractivity contribution is 7.89. The monoisotopic (exact) mass is 374 g/mol. The second kappa shape index (κ2) is 8.96. The number of nitrogens with zero attached hydrogens (tertiary/aromatic N) is 1. The Balaban J connectivity index is 2.21. The summed E-state index contributed by atoms with van der Waals surface area (Å²) in [7, 11) is -3.70. The number of nitrogens with one attached hydrogen (secondary N) is 1. The molecular weight excluding hydrogens is 348 g/mol. The fourth-order valence-corrected chi connectivity index (χ4v) is 4.28. The summed E-state index contributed by atoms with van der Waals surface area (Å²) in [6, 6.07) is 14.1. The first-order chi connectivity index (χ1) is 12.4. The van der Waals surface area contributed by atoms with Crippen molar-refractivity contribution in [1.82, 2.24) is 4.31 Å². The van der Waals surface area contributed by atoms with Gasteiger partial charge < -0.3 is 5.32 Å². The standard InChI is InChI=1S/C20H26N2O3S/c1-4-16-11-10-12-17(5-2)20(16)21-19(23)15-22(6-3)26(24,25)18-13-8-7-9-14-18/h7-14H,4-6,15H2,1-3H3,(H,21,23). The molecule has 0 saturated heterocycles. The molecule has 0 aromatic heterocycles. The maximum absolute atomic E-state index is 12.7. The van der Waals surface area contributed by atoms with Gasteiger partial charge >= 0.3 is 0 Å². The second-order valence-electron chi connectivity index (χ2n) is 5.95. The predicted molar refractivity (Wildman–Crippen MR) is 105 cm³/mol. The summed E-state index contributed by atoms with van der Waals surface area (Å²) in [6.45, 7) is 5.80. The van der Waals surface area contributed by atoms with Crippen LogP contribution in [0.2, 0.25) is 0 Å². The maximum Gasteiger partial charge on any atom is 0.243 e. The first kappa shape index (κ1) is 20.1. The fraction of sp³-hybridized carbons (Fsp3) is 0.350. The topological polar surface area (TPSA) is 66.5 Å². The lowest BCUT2D eigenvalue weighted by Crippen LogP contribution is -2.38. The number of hydrogen-bond donors (Lipinski definition) is 1. The molecule has 2 aromatic rings. The van der Waals surface area contributed by atoms with Gasteiger partial charge in [0.2, 0.25) is 15.9 Å². The van der Waals surface area contributed by atoms with Gasteiger partial charge in [0.25, 0.3) is 0 Å². The van der Waals surface area contributed by atoms with E-state index in [2.05, 4.69) is 5.32 Å². The van der Waals surface area contributed by atoms with Crippen LogP contribution in [0.4, 0.5) is 5.69 Å². The zero-order valence-corrected chi connectivity index (χ0v) is 16.3. The highest BCUT2D eigenvalue weighted by atomic mass is 32.2. The van der Waals surface area contributed by atoms with Crippen LogP contribution in [0.25, 0.3) is 0 Å². The SMILES string of the molecule is CCc1cccc(CC)c1NC(=O)CN(CC)S(=O)(=O)c1ccccc1. The first-order valence-corrected chi connectivity index (χ1v) is 10.3. The van der Waals surface area contributed by atoms with Crippen LogP contribution >= 0.6 is 0 Å². The largest absolute Gasteiger partial charge is 0.324 e. The molecular formula is C20H26N2O3S. The maximum atomic E-state index is 12.7. The molecule has 0 unspecified atom stereocenters. The highest BCUT2D eigenvalue weighted by Gasteiger charge is 2.25. The zero-order valence-electron chi connectivity index (χ0n) is 15.5. The molecule has 26 heavy (non-hydrogen) atoms. The predicted octanol–water partition coefficient (Wildman–Crippen LogP) is 3.46. The van der Waals surface area contributed by atoms with Crippen molar-refractivity contribution in [1.29, 1.82) is 0 Å². The van der Waals surface area contributed by atoms with Crippen molar-refractivity contribution in [2.75, 3.05) is 18.4 Å². The molecule has 6 heteroatoms. The van der Waals surface area contributed by atoms with Gasteiger partial charge in [0, 0.05) is 12.2 Å². The Morgan fingerprint density at radius 3 is 2.00 bits per heavy atom. The van der Waals surface area contributed by atoms with Crippen molar-refractivity contribution in [3.63, 3.8) is 0 Å². The van der Waals surface area contributed by atoms with Crippen LogP contribution < -0.4 is 5.32 Å². The molecule has 0 bridgehead atoms. The van der Waals surface area contributed by atoms with E-state index in [9.17, 15) is 13.2 Å². The third-order valence-corrected chi connectivity index (χ3v) is 6.25. The number of aryl methyl sites for hydroxylation is 2. The number of hydrogen-bond acceptors (Lipinski definition) is 3. The Labute approximate surface area is 156 Å².